The number of hydrogen-bond acceptors (Lipinski definition) is 9. The van der Waals surface area contributed by atoms with Crippen LogP contribution in [0.5, 0.6) is 0 Å². The Labute approximate surface area is 326 Å². The van der Waals surface area contributed by atoms with Crippen molar-refractivity contribution in [2.45, 2.75) is 52.6 Å². The van der Waals surface area contributed by atoms with Crippen LogP contribution in [0.15, 0.2) is 61.2 Å². The Morgan fingerprint density at radius 2 is 1.30 bits per heavy atom. The minimum Gasteiger partial charge on any atom is -0.478 e. The fourth-order valence-corrected chi connectivity index (χ4v) is 6.63. The molecule has 6 rings (SSSR count). The molecule has 0 aliphatic carbocycles. The Kier molecular flexibility index (Phi) is 16.1. The molecule has 2 saturated heterocycles. The zero-order chi connectivity index (χ0) is 40.8. The first-order chi connectivity index (χ1) is 26.6. The van der Waals surface area contributed by atoms with Crippen LogP contribution >= 0.6 is 0 Å². The number of carboxylic acid groups (broad SMARTS) is 1. The number of hydrogen-bond donors (Lipinski definition) is 3. The van der Waals surface area contributed by atoms with Gasteiger partial charge in [0, 0.05) is 55.3 Å². The quantitative estimate of drug-likeness (QED) is 0.183. The Morgan fingerprint density at radius 1 is 0.804 bits per heavy atom. The molecule has 56 heavy (non-hydrogen) atoms. The fraction of sp³-hybridized carbons (Fsp3) is 0.450. The molecule has 302 valence electrons. The normalized spacial score (nSPS) is 17.9. The first-order valence-corrected chi connectivity index (χ1v) is 18.6. The molecule has 2 unspecified atom stereocenters. The highest BCUT2D eigenvalue weighted by Gasteiger charge is 2.31. The van der Waals surface area contributed by atoms with E-state index in [1.54, 1.807) is 24.1 Å². The van der Waals surface area contributed by atoms with Crippen LogP contribution in [0.2, 0.25) is 0 Å². The molecule has 2 aliphatic heterocycles. The van der Waals surface area contributed by atoms with Gasteiger partial charge in [0.05, 0.1) is 5.56 Å². The smallest absolute Gasteiger partial charge is 0.416 e. The van der Waals surface area contributed by atoms with E-state index in [1.807, 2.05) is 0 Å². The first-order valence-electron chi connectivity index (χ1n) is 18.6. The van der Waals surface area contributed by atoms with Gasteiger partial charge in [0.1, 0.15) is 12.7 Å². The van der Waals surface area contributed by atoms with Gasteiger partial charge < -0.3 is 26.0 Å². The van der Waals surface area contributed by atoms with Crippen LogP contribution in [-0.4, -0.2) is 110 Å². The predicted molar refractivity (Wildman–Crippen MR) is 211 cm³/mol. The van der Waals surface area contributed by atoms with Gasteiger partial charge in [-0.2, -0.15) is 13.2 Å². The highest BCUT2D eigenvalue weighted by molar-refractivity contribution is 5.90. The summed E-state index contributed by atoms with van der Waals surface area (Å²) in [5, 5.41) is 19.8. The fourth-order valence-electron chi connectivity index (χ4n) is 6.63. The number of halogens is 3. The van der Waals surface area contributed by atoms with E-state index < -0.39 is 17.7 Å². The van der Waals surface area contributed by atoms with Gasteiger partial charge in [0.15, 0.2) is 11.6 Å². The summed E-state index contributed by atoms with van der Waals surface area (Å²) in [5.74, 6) is 0.785. The molecule has 2 atom stereocenters. The summed E-state index contributed by atoms with van der Waals surface area (Å²) < 4.78 is 40.9. The van der Waals surface area contributed by atoms with Crippen LogP contribution in [-0.2, 0) is 15.8 Å². The molecule has 4 aromatic rings. The largest absolute Gasteiger partial charge is 0.478 e. The molecule has 4 heterocycles. The molecule has 2 aromatic carbocycles. The highest BCUT2D eigenvalue weighted by Crippen LogP contribution is 2.32. The third kappa shape index (κ3) is 14.5. The molecule has 2 aliphatic rings. The van der Waals surface area contributed by atoms with Crippen molar-refractivity contribution in [1.29, 1.82) is 0 Å². The Balaban J connectivity index is 0.000000207. The lowest BCUT2D eigenvalue weighted by Crippen LogP contribution is -2.38. The second-order valence-electron chi connectivity index (χ2n) is 14.5. The summed E-state index contributed by atoms with van der Waals surface area (Å²) in [6, 6.07) is 9.75. The SMILES string of the molecule is CN1CCCC(CN)C1.Cc1cc(-c2ncn(/C=C\C(=O)O)n2)cc(C(F)(F)F)c1.Cc1cc(C)cc(-c2ncn(/C=C\C(=O)NCC3CCCN(C)C3)n2)c1. The van der Waals surface area contributed by atoms with E-state index in [-0.39, 0.29) is 17.3 Å². The molecule has 1 amide bonds. The van der Waals surface area contributed by atoms with Crippen molar-refractivity contribution in [2.24, 2.45) is 17.6 Å². The van der Waals surface area contributed by atoms with Crippen LogP contribution in [0, 0.1) is 32.6 Å². The molecule has 0 saturated carbocycles. The number of carboxylic acids is 1. The second kappa shape index (κ2) is 20.6. The van der Waals surface area contributed by atoms with E-state index in [4.69, 9.17) is 10.8 Å². The van der Waals surface area contributed by atoms with E-state index in [9.17, 15) is 22.8 Å². The van der Waals surface area contributed by atoms with Gasteiger partial charge in [-0.1, -0.05) is 17.2 Å². The average Bonchev–Trinajstić information content (AvgIpc) is 3.83. The lowest BCUT2D eigenvalue weighted by molar-refractivity contribution is -0.137. The van der Waals surface area contributed by atoms with Crippen LogP contribution in [0.3, 0.4) is 0 Å². The standard InChI is InChI=1S/C20H27N5O.C13H10F3N3O2.C7H16N2/c1-15-9-16(2)11-18(10-15)20-22-14-25(23-20)8-6-19(26)21-12-17-5-4-7-24(3)13-17;1-8-4-9(6-10(5-8)13(14,15)16)12-17-7-19(18-12)3-2-11(20)21;1-9-4-2-3-7(5-8)6-9/h6,8-11,14,17H,4-5,7,12-13H2,1-3H3,(H,21,26);2-7H,1H3,(H,20,21);7H,2-6,8H2,1H3/b8-6-;3-2-;. The number of aliphatic carboxylic acids is 1. The summed E-state index contributed by atoms with van der Waals surface area (Å²) >= 11 is 0. The van der Waals surface area contributed by atoms with E-state index in [0.29, 0.717) is 17.3 Å². The molecule has 4 N–H and O–H groups in total. The number of carbonyl (C=O) groups is 2. The number of alkyl halides is 3. The van der Waals surface area contributed by atoms with Gasteiger partial charge in [-0.15, -0.1) is 10.2 Å². The van der Waals surface area contributed by atoms with Crippen LogP contribution in [0.4, 0.5) is 13.2 Å². The van der Waals surface area contributed by atoms with E-state index in [0.717, 1.165) is 66.8 Å². The molecule has 2 aromatic heterocycles. The molecular formula is C40H53F3N10O3. The number of nitrogens with zero attached hydrogens (tertiary/aromatic N) is 8. The van der Waals surface area contributed by atoms with Gasteiger partial charge in [-0.25, -0.2) is 24.1 Å². The molecule has 0 spiro atoms. The summed E-state index contributed by atoms with van der Waals surface area (Å²) in [4.78, 5) is 35.3. The zero-order valence-electron chi connectivity index (χ0n) is 32.7. The Hall–Kier alpha value is -5.19. The van der Waals surface area contributed by atoms with E-state index in [1.165, 1.54) is 68.4 Å². The molecular weight excluding hydrogens is 726 g/mol. The number of aromatic nitrogens is 6. The number of rotatable bonds is 9. The maximum absolute atomic E-state index is 12.8. The zero-order valence-corrected chi connectivity index (χ0v) is 32.7. The number of nitrogens with two attached hydrogens (primary N) is 1. The van der Waals surface area contributed by atoms with Crippen molar-refractivity contribution < 1.29 is 27.9 Å². The van der Waals surface area contributed by atoms with Crippen molar-refractivity contribution in [2.75, 3.05) is 53.4 Å². The highest BCUT2D eigenvalue weighted by atomic mass is 19.4. The number of carbonyl (C=O) groups excluding carboxylic acids is 1. The second-order valence-corrected chi connectivity index (χ2v) is 14.5. The number of aryl methyl sites for hydroxylation is 3. The number of piperidine rings is 2. The predicted octanol–water partition coefficient (Wildman–Crippen LogP) is 5.61. The van der Waals surface area contributed by atoms with Crippen LogP contribution < -0.4 is 11.1 Å². The maximum atomic E-state index is 12.8. The molecule has 16 heteroatoms. The summed E-state index contributed by atoms with van der Waals surface area (Å²) in [6.07, 6.45) is 8.55. The molecule has 0 radical (unpaired) electrons. The van der Waals surface area contributed by atoms with Gasteiger partial charge in [0.2, 0.25) is 5.91 Å². The van der Waals surface area contributed by atoms with Crippen LogP contribution in [0.25, 0.3) is 35.2 Å². The lowest BCUT2D eigenvalue weighted by Gasteiger charge is -2.29. The molecule has 13 nitrogen and oxygen atoms in total. The Morgan fingerprint density at radius 3 is 1.80 bits per heavy atom. The minimum atomic E-state index is -4.45. The number of nitrogens with one attached hydrogen (secondary N) is 1. The lowest BCUT2D eigenvalue weighted by atomic mass is 9.98. The Bertz CT molecular complexity index is 1930. The van der Waals surface area contributed by atoms with E-state index in [2.05, 4.69) is 81.4 Å². The van der Waals surface area contributed by atoms with Crippen molar-refractivity contribution in [3.8, 4) is 22.8 Å². The van der Waals surface area contributed by atoms with Crippen molar-refractivity contribution in [3.05, 3.63) is 83.5 Å². The topological polar surface area (TPSA) is 160 Å². The maximum Gasteiger partial charge on any atom is 0.416 e. The van der Waals surface area contributed by atoms with Crippen LogP contribution in [0.1, 0.15) is 47.9 Å². The van der Waals surface area contributed by atoms with Gasteiger partial charge >= 0.3 is 12.1 Å². The third-order valence-corrected chi connectivity index (χ3v) is 9.25. The summed E-state index contributed by atoms with van der Waals surface area (Å²) in [5.41, 5.74) is 8.74. The number of benzene rings is 2. The van der Waals surface area contributed by atoms with Crippen molar-refractivity contribution >= 4 is 24.3 Å². The van der Waals surface area contributed by atoms with Crippen molar-refractivity contribution in [1.82, 2.24) is 44.6 Å². The monoisotopic (exact) mass is 778 g/mol. The summed E-state index contributed by atoms with van der Waals surface area (Å²) in [6.45, 7) is 11.9. The molecule has 2 fully saturated rings. The van der Waals surface area contributed by atoms with Gasteiger partial charge in [-0.05, 0) is 128 Å². The average molecular weight is 779 g/mol. The minimum absolute atomic E-state index is 0.0826. The third-order valence-electron chi connectivity index (χ3n) is 9.25. The van der Waals surface area contributed by atoms with Gasteiger partial charge in [0.25, 0.3) is 0 Å². The number of likely N-dealkylation sites (tertiary alicyclic amines) is 2. The summed E-state index contributed by atoms with van der Waals surface area (Å²) in [7, 11) is 4.30. The first kappa shape index (κ1) is 43.5. The van der Waals surface area contributed by atoms with Gasteiger partial charge in [-0.3, -0.25) is 4.79 Å². The van der Waals surface area contributed by atoms with Crippen molar-refractivity contribution in [3.63, 3.8) is 0 Å². The number of amides is 1. The molecule has 0 bridgehead atoms. The van der Waals surface area contributed by atoms with E-state index >= 15 is 0 Å².